The maximum atomic E-state index is 9.08. The van der Waals surface area contributed by atoms with Crippen LogP contribution in [0.3, 0.4) is 0 Å². The van der Waals surface area contributed by atoms with Crippen molar-refractivity contribution < 1.29 is 9.53 Å². The van der Waals surface area contributed by atoms with E-state index >= 15 is 0 Å². The number of rotatable bonds is 7. The molecule has 3 heteroatoms. The van der Waals surface area contributed by atoms with Crippen molar-refractivity contribution in [3.63, 3.8) is 0 Å². The molecule has 98 valence electrons. The van der Waals surface area contributed by atoms with Crippen LogP contribution >= 0.6 is 0 Å². The van der Waals surface area contributed by atoms with Gasteiger partial charge in [-0.2, -0.15) is 0 Å². The molecule has 0 aliphatic carbocycles. The summed E-state index contributed by atoms with van der Waals surface area (Å²) in [5.41, 5.74) is 0. The van der Waals surface area contributed by atoms with Crippen molar-refractivity contribution in [2.75, 3.05) is 13.2 Å². The summed E-state index contributed by atoms with van der Waals surface area (Å²) >= 11 is 0. The minimum Gasteiger partial charge on any atom is -0.417 e. The first-order valence-corrected chi connectivity index (χ1v) is 9.40. The lowest BCUT2D eigenvalue weighted by Gasteiger charge is -2.36. The van der Waals surface area contributed by atoms with Crippen LogP contribution in [0.1, 0.15) is 47.0 Å². The third kappa shape index (κ3) is 5.46. The Balaban J connectivity index is 3.82. The molecule has 0 aromatic carbocycles. The molecule has 0 spiro atoms. The third-order valence-corrected chi connectivity index (χ3v) is 8.40. The van der Waals surface area contributed by atoms with Crippen molar-refractivity contribution in [1.29, 1.82) is 0 Å². The van der Waals surface area contributed by atoms with Crippen LogP contribution in [-0.4, -0.2) is 26.6 Å². The predicted molar refractivity (Wildman–Crippen MR) is 73.2 cm³/mol. The molecular weight excluding hydrogens is 216 g/mol. The molecule has 16 heavy (non-hydrogen) atoms. The van der Waals surface area contributed by atoms with E-state index in [9.17, 15) is 0 Å². The minimum atomic E-state index is -1.56. The maximum Gasteiger partial charge on any atom is 0.191 e. The number of aliphatic hydroxyl groups excluding tert-OH is 1. The molecule has 0 fully saturated rings. The standard InChI is InChI=1S/C13H30O2Si/c1-7-12(11-14)9-8-10-15-16(5,6)13(2,3)4/h12,14H,7-11H2,1-6H3/t12-/m1/s1. The number of hydrogen-bond acceptors (Lipinski definition) is 2. The van der Waals surface area contributed by atoms with E-state index in [1.165, 1.54) is 0 Å². The van der Waals surface area contributed by atoms with Crippen LogP contribution in [0, 0.1) is 5.92 Å². The first kappa shape index (κ1) is 16.1. The van der Waals surface area contributed by atoms with Crippen LogP contribution < -0.4 is 0 Å². The van der Waals surface area contributed by atoms with Crippen LogP contribution in [0.15, 0.2) is 0 Å². The fraction of sp³-hybridized carbons (Fsp3) is 1.00. The molecule has 0 aliphatic rings. The van der Waals surface area contributed by atoms with Gasteiger partial charge in [0.2, 0.25) is 0 Å². The Morgan fingerprint density at radius 2 is 1.81 bits per heavy atom. The molecule has 0 aliphatic heterocycles. The van der Waals surface area contributed by atoms with Gasteiger partial charge in [0.25, 0.3) is 0 Å². The Hall–Kier alpha value is 0.137. The van der Waals surface area contributed by atoms with Gasteiger partial charge in [-0.05, 0) is 36.9 Å². The molecule has 0 heterocycles. The zero-order valence-electron chi connectivity index (χ0n) is 12.0. The monoisotopic (exact) mass is 246 g/mol. The Morgan fingerprint density at radius 1 is 1.25 bits per heavy atom. The summed E-state index contributed by atoms with van der Waals surface area (Å²) in [6, 6.07) is 0. The van der Waals surface area contributed by atoms with Gasteiger partial charge >= 0.3 is 0 Å². The van der Waals surface area contributed by atoms with Gasteiger partial charge in [-0.25, -0.2) is 0 Å². The highest BCUT2D eigenvalue weighted by molar-refractivity contribution is 6.74. The predicted octanol–water partition coefficient (Wildman–Crippen LogP) is 3.81. The van der Waals surface area contributed by atoms with E-state index in [0.29, 0.717) is 17.6 Å². The van der Waals surface area contributed by atoms with E-state index in [2.05, 4.69) is 40.8 Å². The molecule has 1 N–H and O–H groups in total. The molecular formula is C13H30O2Si. The highest BCUT2D eigenvalue weighted by atomic mass is 28.4. The summed E-state index contributed by atoms with van der Waals surface area (Å²) in [5, 5.41) is 9.38. The largest absolute Gasteiger partial charge is 0.417 e. The fourth-order valence-electron chi connectivity index (χ4n) is 1.34. The smallest absolute Gasteiger partial charge is 0.191 e. The lowest BCUT2D eigenvalue weighted by molar-refractivity contribution is 0.199. The molecule has 0 amide bonds. The van der Waals surface area contributed by atoms with Crippen LogP contribution in [0.5, 0.6) is 0 Å². The average molecular weight is 246 g/mol. The summed E-state index contributed by atoms with van der Waals surface area (Å²) in [6.45, 7) is 14.7. The van der Waals surface area contributed by atoms with Gasteiger partial charge in [-0.15, -0.1) is 0 Å². The van der Waals surface area contributed by atoms with Crippen molar-refractivity contribution >= 4 is 8.32 Å². The van der Waals surface area contributed by atoms with Gasteiger partial charge in [-0.1, -0.05) is 34.1 Å². The first-order chi connectivity index (χ1) is 7.24. The Kier molecular flexibility index (Phi) is 6.83. The second kappa shape index (κ2) is 6.77. The van der Waals surface area contributed by atoms with Gasteiger partial charge in [0.15, 0.2) is 8.32 Å². The zero-order chi connectivity index (χ0) is 12.8. The van der Waals surface area contributed by atoms with Gasteiger partial charge in [0.1, 0.15) is 0 Å². The second-order valence-corrected chi connectivity index (χ2v) is 11.0. The highest BCUT2D eigenvalue weighted by Crippen LogP contribution is 2.36. The van der Waals surface area contributed by atoms with Crippen molar-refractivity contribution in [2.45, 2.75) is 65.1 Å². The number of hydrogen-bond donors (Lipinski definition) is 1. The van der Waals surface area contributed by atoms with Crippen LogP contribution in [0.4, 0.5) is 0 Å². The van der Waals surface area contributed by atoms with Crippen LogP contribution in [0.25, 0.3) is 0 Å². The zero-order valence-corrected chi connectivity index (χ0v) is 13.0. The summed E-state index contributed by atoms with van der Waals surface area (Å²) in [4.78, 5) is 0. The Labute approximate surface area is 103 Å². The van der Waals surface area contributed by atoms with E-state index in [-0.39, 0.29) is 0 Å². The minimum absolute atomic E-state index is 0.300. The van der Waals surface area contributed by atoms with E-state index in [0.717, 1.165) is 25.9 Å². The van der Waals surface area contributed by atoms with Crippen LogP contribution in [0.2, 0.25) is 18.1 Å². The second-order valence-electron chi connectivity index (χ2n) is 6.21. The van der Waals surface area contributed by atoms with E-state index in [1.807, 2.05) is 0 Å². The quantitative estimate of drug-likeness (QED) is 0.547. The summed E-state index contributed by atoms with van der Waals surface area (Å²) in [6.07, 6.45) is 3.23. The molecule has 2 nitrogen and oxygen atoms in total. The Morgan fingerprint density at radius 3 is 2.19 bits per heavy atom. The lowest BCUT2D eigenvalue weighted by atomic mass is 10.0. The molecule has 0 bridgehead atoms. The molecule has 0 rings (SSSR count). The number of aliphatic hydroxyl groups is 1. The van der Waals surface area contributed by atoms with Gasteiger partial charge in [0.05, 0.1) is 0 Å². The summed E-state index contributed by atoms with van der Waals surface area (Å²) < 4.78 is 6.09. The normalized spacial score (nSPS) is 15.2. The average Bonchev–Trinajstić information content (AvgIpc) is 2.16. The van der Waals surface area contributed by atoms with Gasteiger partial charge in [0, 0.05) is 13.2 Å². The Bertz CT molecular complexity index is 181. The first-order valence-electron chi connectivity index (χ1n) is 6.49. The maximum absolute atomic E-state index is 9.08. The van der Waals surface area contributed by atoms with Crippen molar-refractivity contribution in [1.82, 2.24) is 0 Å². The fourth-order valence-corrected chi connectivity index (χ4v) is 2.43. The summed E-state index contributed by atoms with van der Waals surface area (Å²) in [5.74, 6) is 0.461. The van der Waals surface area contributed by atoms with Crippen molar-refractivity contribution in [3.8, 4) is 0 Å². The van der Waals surface area contributed by atoms with Crippen LogP contribution in [-0.2, 0) is 4.43 Å². The third-order valence-electron chi connectivity index (χ3n) is 3.86. The van der Waals surface area contributed by atoms with E-state index < -0.39 is 8.32 Å². The molecule has 0 aromatic heterocycles. The topological polar surface area (TPSA) is 29.5 Å². The van der Waals surface area contributed by atoms with Gasteiger partial charge < -0.3 is 9.53 Å². The van der Waals surface area contributed by atoms with Crippen molar-refractivity contribution in [2.24, 2.45) is 5.92 Å². The molecule has 0 saturated carbocycles. The molecule has 0 aromatic rings. The van der Waals surface area contributed by atoms with E-state index in [4.69, 9.17) is 9.53 Å². The highest BCUT2D eigenvalue weighted by Gasteiger charge is 2.36. The summed E-state index contributed by atoms with van der Waals surface area (Å²) in [7, 11) is -1.56. The van der Waals surface area contributed by atoms with Crippen molar-refractivity contribution in [3.05, 3.63) is 0 Å². The molecule has 1 atom stereocenters. The molecule has 0 radical (unpaired) electrons. The molecule has 0 unspecified atom stereocenters. The van der Waals surface area contributed by atoms with E-state index in [1.54, 1.807) is 0 Å². The van der Waals surface area contributed by atoms with Gasteiger partial charge in [-0.3, -0.25) is 0 Å². The lowest BCUT2D eigenvalue weighted by Crippen LogP contribution is -2.41. The molecule has 0 saturated heterocycles. The SMILES string of the molecule is CC[C@@H](CO)CCCO[Si](C)(C)C(C)(C)C.